The van der Waals surface area contributed by atoms with E-state index in [1.165, 1.54) is 6.08 Å². The van der Waals surface area contributed by atoms with Gasteiger partial charge in [0, 0.05) is 37.0 Å². The highest BCUT2D eigenvalue weighted by atomic mass is 16.2. The van der Waals surface area contributed by atoms with E-state index >= 15 is 0 Å². The van der Waals surface area contributed by atoms with Crippen LogP contribution in [0.1, 0.15) is 37.3 Å². The standard InChI is InChI=1S/C25H29N3O3/c1-3-16-27(18-23(29)26-22-8-5-4-7-19(22)2)24(30)15-12-20-10-13-21(14-11-20)28-17-6-9-25(28)31/h4-5,7-8,10-15H,3,6,9,16-18H2,1-2H3,(H,26,29)/b15-12+. The first-order valence-corrected chi connectivity index (χ1v) is 10.7. The fraction of sp³-hybridized carbons (Fsp3) is 0.320. The third-order valence-corrected chi connectivity index (χ3v) is 5.26. The van der Waals surface area contributed by atoms with Crippen LogP contribution < -0.4 is 10.2 Å². The first-order valence-electron chi connectivity index (χ1n) is 10.7. The van der Waals surface area contributed by atoms with Crippen LogP contribution in [0.15, 0.2) is 54.6 Å². The number of aryl methyl sites for hydroxylation is 1. The second-order valence-electron chi connectivity index (χ2n) is 7.70. The molecule has 1 aliphatic heterocycles. The molecule has 1 heterocycles. The Morgan fingerprint density at radius 3 is 2.52 bits per heavy atom. The Morgan fingerprint density at radius 2 is 1.87 bits per heavy atom. The fourth-order valence-corrected chi connectivity index (χ4v) is 3.57. The maximum absolute atomic E-state index is 12.7. The van der Waals surface area contributed by atoms with Crippen molar-refractivity contribution >= 4 is 35.2 Å². The summed E-state index contributed by atoms with van der Waals surface area (Å²) in [6.07, 6.45) is 5.48. The monoisotopic (exact) mass is 419 g/mol. The average molecular weight is 420 g/mol. The molecule has 0 saturated carbocycles. The van der Waals surface area contributed by atoms with E-state index in [0.717, 1.165) is 41.9 Å². The van der Waals surface area contributed by atoms with Crippen molar-refractivity contribution in [1.82, 2.24) is 4.90 Å². The van der Waals surface area contributed by atoms with Crippen LogP contribution in [0, 0.1) is 6.92 Å². The molecule has 0 atom stereocenters. The average Bonchev–Trinajstić information content (AvgIpc) is 3.19. The van der Waals surface area contributed by atoms with Gasteiger partial charge in [0.25, 0.3) is 0 Å². The summed E-state index contributed by atoms with van der Waals surface area (Å²) in [7, 11) is 0. The van der Waals surface area contributed by atoms with Crippen LogP contribution >= 0.6 is 0 Å². The van der Waals surface area contributed by atoms with Crippen LogP contribution in [-0.2, 0) is 14.4 Å². The first kappa shape index (κ1) is 22.3. The molecule has 31 heavy (non-hydrogen) atoms. The lowest BCUT2D eigenvalue weighted by atomic mass is 10.1. The van der Waals surface area contributed by atoms with Crippen LogP contribution in [0.2, 0.25) is 0 Å². The van der Waals surface area contributed by atoms with E-state index in [-0.39, 0.29) is 24.3 Å². The second-order valence-corrected chi connectivity index (χ2v) is 7.70. The predicted molar refractivity (Wildman–Crippen MR) is 124 cm³/mol. The van der Waals surface area contributed by atoms with Crippen molar-refractivity contribution in [3.63, 3.8) is 0 Å². The Bertz CT molecular complexity index is 966. The normalized spacial score (nSPS) is 13.6. The highest BCUT2D eigenvalue weighted by Gasteiger charge is 2.21. The van der Waals surface area contributed by atoms with Gasteiger partial charge in [-0.05, 0) is 55.2 Å². The van der Waals surface area contributed by atoms with Crippen molar-refractivity contribution in [3.8, 4) is 0 Å². The molecule has 3 amide bonds. The van der Waals surface area contributed by atoms with E-state index in [0.29, 0.717) is 13.0 Å². The summed E-state index contributed by atoms with van der Waals surface area (Å²) in [5.41, 5.74) is 3.47. The molecule has 0 aromatic heterocycles. The Labute approximate surface area is 183 Å². The van der Waals surface area contributed by atoms with E-state index in [4.69, 9.17) is 0 Å². The van der Waals surface area contributed by atoms with Crippen LogP contribution in [0.5, 0.6) is 0 Å². The highest BCUT2D eigenvalue weighted by molar-refractivity contribution is 5.98. The lowest BCUT2D eigenvalue weighted by Gasteiger charge is -2.20. The first-order chi connectivity index (χ1) is 15.0. The summed E-state index contributed by atoms with van der Waals surface area (Å²) < 4.78 is 0. The van der Waals surface area contributed by atoms with E-state index < -0.39 is 0 Å². The van der Waals surface area contributed by atoms with Gasteiger partial charge < -0.3 is 15.1 Å². The zero-order valence-electron chi connectivity index (χ0n) is 18.1. The molecule has 1 aliphatic rings. The third-order valence-electron chi connectivity index (χ3n) is 5.26. The van der Waals surface area contributed by atoms with Gasteiger partial charge in [0.15, 0.2) is 0 Å². The van der Waals surface area contributed by atoms with Crippen molar-refractivity contribution in [3.05, 3.63) is 65.7 Å². The molecule has 0 unspecified atom stereocenters. The maximum Gasteiger partial charge on any atom is 0.247 e. The zero-order chi connectivity index (χ0) is 22.2. The van der Waals surface area contributed by atoms with E-state index in [1.54, 1.807) is 15.9 Å². The Kier molecular flexibility index (Phi) is 7.60. The molecule has 1 N–H and O–H groups in total. The molecule has 6 nitrogen and oxygen atoms in total. The molecule has 0 bridgehead atoms. The van der Waals surface area contributed by atoms with E-state index in [2.05, 4.69) is 5.32 Å². The zero-order valence-corrected chi connectivity index (χ0v) is 18.1. The van der Waals surface area contributed by atoms with Gasteiger partial charge in [-0.1, -0.05) is 37.3 Å². The van der Waals surface area contributed by atoms with E-state index in [1.807, 2.05) is 62.4 Å². The summed E-state index contributed by atoms with van der Waals surface area (Å²) in [5.74, 6) is -0.276. The number of rotatable bonds is 8. The van der Waals surface area contributed by atoms with Gasteiger partial charge in [-0.3, -0.25) is 14.4 Å². The number of nitrogens with zero attached hydrogens (tertiary/aromatic N) is 2. The molecular weight excluding hydrogens is 390 g/mol. The molecule has 0 aliphatic carbocycles. The fourth-order valence-electron chi connectivity index (χ4n) is 3.57. The largest absolute Gasteiger partial charge is 0.330 e. The maximum atomic E-state index is 12.7. The molecule has 3 rings (SSSR count). The number of anilines is 2. The van der Waals surface area contributed by atoms with Gasteiger partial charge in [-0.2, -0.15) is 0 Å². The van der Waals surface area contributed by atoms with Gasteiger partial charge in [-0.25, -0.2) is 0 Å². The summed E-state index contributed by atoms with van der Waals surface area (Å²) in [6, 6.07) is 15.1. The van der Waals surface area contributed by atoms with Crippen LogP contribution in [0.25, 0.3) is 6.08 Å². The van der Waals surface area contributed by atoms with Gasteiger partial charge in [0.2, 0.25) is 17.7 Å². The van der Waals surface area contributed by atoms with Gasteiger partial charge >= 0.3 is 0 Å². The number of hydrogen-bond acceptors (Lipinski definition) is 3. The van der Waals surface area contributed by atoms with Gasteiger partial charge in [0.05, 0.1) is 0 Å². The second kappa shape index (κ2) is 10.6. The molecule has 1 fully saturated rings. The SMILES string of the molecule is CCCN(CC(=O)Nc1ccccc1C)C(=O)/C=C/c1ccc(N2CCCC2=O)cc1. The van der Waals surface area contributed by atoms with Crippen LogP contribution in [0.3, 0.4) is 0 Å². The Morgan fingerprint density at radius 1 is 1.13 bits per heavy atom. The molecule has 2 aromatic rings. The van der Waals surface area contributed by atoms with E-state index in [9.17, 15) is 14.4 Å². The summed E-state index contributed by atoms with van der Waals surface area (Å²) in [4.78, 5) is 40.3. The van der Waals surface area contributed by atoms with Crippen molar-refractivity contribution in [2.45, 2.75) is 33.1 Å². The lowest BCUT2D eigenvalue weighted by Crippen LogP contribution is -2.37. The number of nitrogens with one attached hydrogen (secondary N) is 1. The van der Waals surface area contributed by atoms with Crippen molar-refractivity contribution in [1.29, 1.82) is 0 Å². The highest BCUT2D eigenvalue weighted by Crippen LogP contribution is 2.22. The number of amides is 3. The third kappa shape index (κ3) is 6.04. The minimum absolute atomic E-state index is 0.00135. The molecule has 0 radical (unpaired) electrons. The lowest BCUT2D eigenvalue weighted by molar-refractivity contribution is -0.130. The minimum Gasteiger partial charge on any atom is -0.330 e. The predicted octanol–water partition coefficient (Wildman–Crippen LogP) is 4.01. The smallest absolute Gasteiger partial charge is 0.247 e. The summed E-state index contributed by atoms with van der Waals surface area (Å²) in [5, 5.41) is 2.88. The molecular formula is C25H29N3O3. The summed E-state index contributed by atoms with van der Waals surface area (Å²) >= 11 is 0. The number of carbonyl (C=O) groups excluding carboxylic acids is 3. The molecule has 0 spiro atoms. The van der Waals surface area contributed by atoms with Crippen molar-refractivity contribution in [2.24, 2.45) is 0 Å². The minimum atomic E-state index is -0.218. The topological polar surface area (TPSA) is 69.7 Å². The molecule has 2 aromatic carbocycles. The Balaban J connectivity index is 1.60. The number of para-hydroxylation sites is 1. The van der Waals surface area contributed by atoms with Crippen LogP contribution in [-0.4, -0.2) is 42.3 Å². The number of benzene rings is 2. The van der Waals surface area contributed by atoms with Crippen molar-refractivity contribution < 1.29 is 14.4 Å². The van der Waals surface area contributed by atoms with Gasteiger partial charge in [0.1, 0.15) is 6.54 Å². The molecule has 1 saturated heterocycles. The van der Waals surface area contributed by atoms with Crippen molar-refractivity contribution in [2.75, 3.05) is 29.9 Å². The van der Waals surface area contributed by atoms with Gasteiger partial charge in [-0.15, -0.1) is 0 Å². The van der Waals surface area contributed by atoms with Crippen LogP contribution in [0.4, 0.5) is 11.4 Å². The molecule has 162 valence electrons. The molecule has 6 heteroatoms. The Hall–Kier alpha value is -3.41. The summed E-state index contributed by atoms with van der Waals surface area (Å²) in [6.45, 7) is 5.16. The quantitative estimate of drug-likeness (QED) is 0.657. The number of carbonyl (C=O) groups is 3. The number of hydrogen-bond donors (Lipinski definition) is 1.